The van der Waals surface area contributed by atoms with E-state index >= 15 is 0 Å². The van der Waals surface area contributed by atoms with Crippen LogP contribution in [0.2, 0.25) is 0 Å². The number of amides is 3. The van der Waals surface area contributed by atoms with Gasteiger partial charge in [0.15, 0.2) is 5.13 Å². The number of anilines is 1. The molecule has 1 aliphatic heterocycles. The number of hydrogen-bond acceptors (Lipinski definition) is 4. The molecule has 25 heavy (non-hydrogen) atoms. The van der Waals surface area contributed by atoms with Crippen LogP contribution in [0.3, 0.4) is 0 Å². The molecule has 1 aromatic rings. The number of aromatic nitrogens is 1. The molecule has 0 saturated heterocycles. The van der Waals surface area contributed by atoms with E-state index in [-0.39, 0.29) is 18.0 Å². The number of halogens is 1. The van der Waals surface area contributed by atoms with Crippen LogP contribution in [0.15, 0.2) is 0 Å². The van der Waals surface area contributed by atoms with E-state index in [1.165, 1.54) is 24.2 Å². The van der Waals surface area contributed by atoms with Crippen molar-refractivity contribution in [1.82, 2.24) is 15.2 Å². The number of carbonyl (C=O) groups excluding carboxylic acids is 2. The van der Waals surface area contributed by atoms with Crippen molar-refractivity contribution in [1.29, 1.82) is 0 Å². The molecule has 6 nitrogen and oxygen atoms in total. The summed E-state index contributed by atoms with van der Waals surface area (Å²) in [4.78, 5) is 32.1. The molecule has 0 aromatic carbocycles. The summed E-state index contributed by atoms with van der Waals surface area (Å²) in [6.45, 7) is 4.91. The largest absolute Gasteiger partial charge is 0.337 e. The van der Waals surface area contributed by atoms with Crippen LogP contribution in [0.4, 0.5) is 9.93 Å². The molecule has 0 unspecified atom stereocenters. The number of urea groups is 1. The lowest BCUT2D eigenvalue weighted by atomic mass is 9.93. The van der Waals surface area contributed by atoms with Gasteiger partial charge < -0.3 is 10.2 Å². The maximum atomic E-state index is 12.6. The molecule has 1 saturated carbocycles. The molecule has 0 radical (unpaired) electrons. The van der Waals surface area contributed by atoms with Gasteiger partial charge in [-0.1, -0.05) is 24.2 Å². The first-order valence-electron chi connectivity index (χ1n) is 8.80. The zero-order valence-electron chi connectivity index (χ0n) is 14.7. The smallest absolute Gasteiger partial charge is 0.321 e. The highest BCUT2D eigenvalue weighted by Crippen LogP contribution is 2.31. The highest BCUT2D eigenvalue weighted by molar-refractivity contribution is 7.15. The third-order valence-corrected chi connectivity index (χ3v) is 6.51. The topological polar surface area (TPSA) is 74.3 Å². The number of rotatable bonds is 4. The van der Waals surface area contributed by atoms with Crippen molar-refractivity contribution in [3.05, 3.63) is 10.6 Å². The summed E-state index contributed by atoms with van der Waals surface area (Å²) in [5.74, 6) is 0.362. The predicted molar refractivity (Wildman–Crippen MR) is 100 cm³/mol. The molecule has 3 amide bonds. The SMILES string of the molecule is CC(C)(CCl)C(=O)N1CCc2nc(NC(=O)NC3CCCC3)sc2C1. The first-order chi connectivity index (χ1) is 11.9. The van der Waals surface area contributed by atoms with Gasteiger partial charge in [-0.2, -0.15) is 0 Å². The molecule has 0 spiro atoms. The quantitative estimate of drug-likeness (QED) is 0.781. The normalized spacial score (nSPS) is 18.1. The molecule has 0 bridgehead atoms. The minimum atomic E-state index is -0.563. The Kier molecular flexibility index (Phi) is 5.53. The molecule has 0 atom stereocenters. The van der Waals surface area contributed by atoms with Crippen molar-refractivity contribution in [2.24, 2.45) is 5.41 Å². The fourth-order valence-electron chi connectivity index (χ4n) is 3.30. The Balaban J connectivity index is 1.60. The van der Waals surface area contributed by atoms with Crippen LogP contribution in [0, 0.1) is 5.41 Å². The van der Waals surface area contributed by atoms with Gasteiger partial charge in [-0.05, 0) is 26.7 Å². The van der Waals surface area contributed by atoms with Gasteiger partial charge in [-0.25, -0.2) is 9.78 Å². The Hall–Kier alpha value is -1.34. The lowest BCUT2D eigenvalue weighted by Gasteiger charge is -2.32. The van der Waals surface area contributed by atoms with Gasteiger partial charge in [0.1, 0.15) is 0 Å². The average molecular weight is 385 g/mol. The van der Waals surface area contributed by atoms with E-state index < -0.39 is 5.41 Å². The summed E-state index contributed by atoms with van der Waals surface area (Å²) in [7, 11) is 0. The Labute approximate surface area is 157 Å². The number of nitrogens with one attached hydrogen (secondary N) is 2. The molecule has 1 aliphatic carbocycles. The lowest BCUT2D eigenvalue weighted by Crippen LogP contribution is -2.44. The van der Waals surface area contributed by atoms with E-state index in [0.717, 1.165) is 23.4 Å². The number of alkyl halides is 1. The number of fused-ring (bicyclic) bond motifs is 1. The van der Waals surface area contributed by atoms with Gasteiger partial charge in [0.2, 0.25) is 5.91 Å². The summed E-state index contributed by atoms with van der Waals surface area (Å²) >= 11 is 7.38. The highest BCUT2D eigenvalue weighted by atomic mass is 35.5. The monoisotopic (exact) mass is 384 g/mol. The molecule has 1 fully saturated rings. The molecule has 8 heteroatoms. The van der Waals surface area contributed by atoms with Crippen molar-refractivity contribution in [3.63, 3.8) is 0 Å². The van der Waals surface area contributed by atoms with Gasteiger partial charge in [-0.15, -0.1) is 11.6 Å². The van der Waals surface area contributed by atoms with Gasteiger partial charge in [0.05, 0.1) is 17.7 Å². The number of carbonyl (C=O) groups is 2. The molecular formula is C17H25ClN4O2S. The number of hydrogen-bond donors (Lipinski definition) is 2. The molecule has 1 aromatic heterocycles. The van der Waals surface area contributed by atoms with E-state index in [1.807, 2.05) is 18.7 Å². The van der Waals surface area contributed by atoms with E-state index in [2.05, 4.69) is 15.6 Å². The van der Waals surface area contributed by atoms with Crippen LogP contribution in [0.25, 0.3) is 0 Å². The summed E-state index contributed by atoms with van der Waals surface area (Å²) in [6, 6.07) is 0.0923. The van der Waals surface area contributed by atoms with Gasteiger partial charge >= 0.3 is 6.03 Å². The highest BCUT2D eigenvalue weighted by Gasteiger charge is 2.34. The molecule has 2 heterocycles. The second-order valence-electron chi connectivity index (χ2n) is 7.46. The van der Waals surface area contributed by atoms with Crippen LogP contribution in [0.5, 0.6) is 0 Å². The average Bonchev–Trinajstić information content (AvgIpc) is 3.22. The van der Waals surface area contributed by atoms with Crippen LogP contribution in [0.1, 0.15) is 50.1 Å². The maximum Gasteiger partial charge on any atom is 0.321 e. The van der Waals surface area contributed by atoms with Gasteiger partial charge in [0.25, 0.3) is 0 Å². The van der Waals surface area contributed by atoms with Crippen molar-refractivity contribution >= 4 is 40.0 Å². The fraction of sp³-hybridized carbons (Fsp3) is 0.706. The molecular weight excluding hydrogens is 360 g/mol. The Morgan fingerprint density at radius 1 is 1.36 bits per heavy atom. The molecule has 2 N–H and O–H groups in total. The number of nitrogens with zero attached hydrogens (tertiary/aromatic N) is 2. The standard InChI is InChI=1S/C17H25ClN4O2S/c1-17(2,10-18)14(23)22-8-7-12-13(9-22)25-16(20-12)21-15(24)19-11-5-3-4-6-11/h11H,3-10H2,1-2H3,(H2,19,20,21,24). The first kappa shape index (κ1) is 18.5. The van der Waals surface area contributed by atoms with Crippen molar-refractivity contribution in [3.8, 4) is 0 Å². The second kappa shape index (κ2) is 7.50. The van der Waals surface area contributed by atoms with Crippen LogP contribution < -0.4 is 10.6 Å². The van der Waals surface area contributed by atoms with Crippen molar-refractivity contribution in [2.75, 3.05) is 17.7 Å². The van der Waals surface area contributed by atoms with Crippen molar-refractivity contribution < 1.29 is 9.59 Å². The summed E-state index contributed by atoms with van der Waals surface area (Å²) in [5.41, 5.74) is 0.417. The summed E-state index contributed by atoms with van der Waals surface area (Å²) in [5, 5.41) is 6.45. The van der Waals surface area contributed by atoms with Crippen LogP contribution in [-0.2, 0) is 17.8 Å². The summed E-state index contributed by atoms with van der Waals surface area (Å²) in [6.07, 6.45) is 5.17. The predicted octanol–water partition coefficient (Wildman–Crippen LogP) is 3.36. The van der Waals surface area contributed by atoms with Gasteiger partial charge in [-0.3, -0.25) is 10.1 Å². The lowest BCUT2D eigenvalue weighted by molar-refractivity contribution is -0.140. The minimum absolute atomic E-state index is 0.0648. The Morgan fingerprint density at radius 3 is 2.76 bits per heavy atom. The molecule has 2 aliphatic rings. The van der Waals surface area contributed by atoms with Crippen LogP contribution in [-0.4, -0.2) is 40.3 Å². The minimum Gasteiger partial charge on any atom is -0.337 e. The Bertz CT molecular complexity index is 655. The Morgan fingerprint density at radius 2 is 2.08 bits per heavy atom. The zero-order valence-corrected chi connectivity index (χ0v) is 16.3. The van der Waals surface area contributed by atoms with Crippen LogP contribution >= 0.6 is 22.9 Å². The number of thiazole rings is 1. The molecule has 3 rings (SSSR count). The second-order valence-corrected chi connectivity index (χ2v) is 8.81. The van der Waals surface area contributed by atoms with E-state index in [9.17, 15) is 9.59 Å². The third-order valence-electron chi connectivity index (χ3n) is 4.84. The van der Waals surface area contributed by atoms with E-state index in [0.29, 0.717) is 30.5 Å². The zero-order chi connectivity index (χ0) is 18.0. The fourth-order valence-corrected chi connectivity index (χ4v) is 4.43. The molecule has 138 valence electrons. The van der Waals surface area contributed by atoms with Gasteiger partial charge in [0, 0.05) is 29.8 Å². The van der Waals surface area contributed by atoms with E-state index in [1.54, 1.807) is 0 Å². The van der Waals surface area contributed by atoms with Crippen molar-refractivity contribution in [2.45, 2.75) is 58.5 Å². The summed E-state index contributed by atoms with van der Waals surface area (Å²) < 4.78 is 0. The first-order valence-corrected chi connectivity index (χ1v) is 10.2. The third kappa shape index (κ3) is 4.26. The van der Waals surface area contributed by atoms with E-state index in [4.69, 9.17) is 11.6 Å². The maximum absolute atomic E-state index is 12.6.